The molecule has 0 N–H and O–H groups in total. The fourth-order valence-electron chi connectivity index (χ4n) is 1.79. The Morgan fingerprint density at radius 2 is 0.462 bits per heavy atom. The Balaban J connectivity index is 7.61. The van der Waals surface area contributed by atoms with Gasteiger partial charge in [-0.2, -0.15) is 65.9 Å². The van der Waals surface area contributed by atoms with Gasteiger partial charge in [-0.25, -0.2) is 13.2 Å². The topological polar surface area (TPSA) is 0 Å². The zero-order valence-corrected chi connectivity index (χ0v) is 10.8. The molecule has 0 heterocycles. The van der Waals surface area contributed by atoms with E-state index in [1.54, 1.807) is 0 Å². The molecule has 0 aliphatic heterocycles. The van der Waals surface area contributed by atoms with E-state index in [-0.39, 0.29) is 0 Å². The summed E-state index contributed by atoms with van der Waals surface area (Å²) in [6.07, 6.45) is -42.5. The van der Waals surface area contributed by atoms with Crippen molar-refractivity contribution in [1.29, 1.82) is 0 Å². The zero-order chi connectivity index (χ0) is 22.0. The third-order valence-electron chi connectivity index (χ3n) is 2.96. The molecule has 0 unspecified atom stereocenters. The summed E-state index contributed by atoms with van der Waals surface area (Å²) >= 11 is 0. The van der Waals surface area contributed by atoms with Gasteiger partial charge in [0, 0.05) is 0 Å². The molecular weight excluding hydrogens is 438 g/mol. The molecule has 0 amide bonds. The van der Waals surface area contributed by atoms with Gasteiger partial charge in [0.05, 0.1) is 0 Å². The minimum absolute atomic E-state index is 8.36. The molecule has 0 aromatic heterocycles. The first-order valence-corrected chi connectivity index (χ1v) is 5.15. The van der Waals surface area contributed by atoms with E-state index in [9.17, 15) is 79.0 Å². The van der Waals surface area contributed by atoms with Crippen LogP contribution in [0.4, 0.5) is 79.0 Å². The third kappa shape index (κ3) is 2.82. The van der Waals surface area contributed by atoms with Gasteiger partial charge in [0.15, 0.2) is 0 Å². The lowest BCUT2D eigenvalue weighted by molar-refractivity contribution is -0.518. The van der Waals surface area contributed by atoms with Crippen molar-refractivity contribution in [2.24, 2.45) is 5.41 Å². The molecule has 0 bridgehead atoms. The molecule has 0 spiro atoms. The maximum Gasteiger partial charge on any atom is 0.437 e. The fraction of sp³-hybridized carbons (Fsp3) is 1.00. The van der Waals surface area contributed by atoms with E-state index in [4.69, 9.17) is 0 Å². The summed E-state index contributed by atoms with van der Waals surface area (Å²) in [5.41, 5.74) is -17.9. The largest absolute Gasteiger partial charge is 0.437 e. The van der Waals surface area contributed by atoms with Crippen LogP contribution in [-0.4, -0.2) is 42.5 Å². The van der Waals surface area contributed by atoms with Gasteiger partial charge in [-0.15, -0.1) is 0 Å². The number of hydrogen-bond donors (Lipinski definition) is 0. The van der Waals surface area contributed by atoms with Gasteiger partial charge in [0.1, 0.15) is 0 Å². The smallest absolute Gasteiger partial charge is 0.216 e. The standard InChI is InChI=1S/C8F18/c9-2(7(21,22)23,8(24,25)26)3(10,11)1(4(12,13)14,5(15,16)17)6(18,19)20. The molecule has 0 aromatic rings. The quantitative estimate of drug-likeness (QED) is 0.456. The number of rotatable bonds is 2. The second-order valence-electron chi connectivity index (χ2n) is 4.47. The third-order valence-corrected chi connectivity index (χ3v) is 2.96. The SMILES string of the molecule is FC(F)(F)C(F)(C(F)(F)F)C(F)(F)C(C(F)(F)F)(C(F)(F)F)C(F)(F)F. The highest BCUT2D eigenvalue weighted by Gasteiger charge is 3.02. The first kappa shape index (κ1) is 24.7. The van der Waals surface area contributed by atoms with Crippen molar-refractivity contribution in [2.75, 3.05) is 0 Å². The Morgan fingerprint density at radius 3 is 0.577 bits per heavy atom. The van der Waals surface area contributed by atoms with Crippen LogP contribution < -0.4 is 0 Å². The Morgan fingerprint density at radius 1 is 0.269 bits per heavy atom. The van der Waals surface area contributed by atoms with Crippen LogP contribution in [0.1, 0.15) is 0 Å². The summed E-state index contributed by atoms with van der Waals surface area (Å²) in [5.74, 6) is -9.20. The molecule has 0 saturated carbocycles. The molecule has 26 heavy (non-hydrogen) atoms. The van der Waals surface area contributed by atoms with Crippen LogP contribution in [0.2, 0.25) is 0 Å². The van der Waals surface area contributed by atoms with Gasteiger partial charge in [-0.05, 0) is 0 Å². The van der Waals surface area contributed by atoms with Crippen LogP contribution in [0.15, 0.2) is 0 Å². The van der Waals surface area contributed by atoms with E-state index in [1.165, 1.54) is 0 Å². The Kier molecular flexibility index (Phi) is 5.35. The first-order valence-electron chi connectivity index (χ1n) is 5.15. The molecule has 18 heteroatoms. The van der Waals surface area contributed by atoms with Crippen LogP contribution in [0, 0.1) is 5.41 Å². The zero-order valence-electron chi connectivity index (χ0n) is 10.8. The highest BCUT2D eigenvalue weighted by atomic mass is 19.4. The van der Waals surface area contributed by atoms with Gasteiger partial charge in [0.2, 0.25) is 0 Å². The van der Waals surface area contributed by atoms with E-state index in [1.807, 2.05) is 0 Å². The first-order chi connectivity index (χ1) is 10.8. The molecule has 158 valence electrons. The molecule has 0 radical (unpaired) electrons. The van der Waals surface area contributed by atoms with Crippen molar-refractivity contribution in [3.63, 3.8) is 0 Å². The molecule has 0 aliphatic rings. The minimum atomic E-state index is -9.20. The van der Waals surface area contributed by atoms with Crippen molar-refractivity contribution in [3.8, 4) is 0 Å². The van der Waals surface area contributed by atoms with Crippen LogP contribution in [0.25, 0.3) is 0 Å². The second-order valence-corrected chi connectivity index (χ2v) is 4.47. The molecule has 0 rings (SSSR count). The van der Waals surface area contributed by atoms with Gasteiger partial charge in [-0.3, -0.25) is 0 Å². The molecule has 0 fully saturated rings. The highest BCUT2D eigenvalue weighted by Crippen LogP contribution is 2.72. The lowest BCUT2D eigenvalue weighted by Gasteiger charge is -2.48. The lowest BCUT2D eigenvalue weighted by Crippen LogP contribution is -2.79. The van der Waals surface area contributed by atoms with Crippen LogP contribution in [-0.2, 0) is 0 Å². The van der Waals surface area contributed by atoms with E-state index in [0.29, 0.717) is 0 Å². The lowest BCUT2D eigenvalue weighted by atomic mass is 9.70. The maximum atomic E-state index is 13.3. The monoisotopic (exact) mass is 438 g/mol. The number of alkyl halides is 18. The minimum Gasteiger partial charge on any atom is -0.216 e. The Labute approximate surface area is 128 Å². The van der Waals surface area contributed by atoms with Crippen LogP contribution >= 0.6 is 0 Å². The van der Waals surface area contributed by atoms with Gasteiger partial charge >= 0.3 is 47.9 Å². The van der Waals surface area contributed by atoms with Crippen LogP contribution in [0.3, 0.4) is 0 Å². The van der Waals surface area contributed by atoms with Gasteiger partial charge in [-0.1, -0.05) is 0 Å². The second kappa shape index (κ2) is 5.62. The summed E-state index contributed by atoms with van der Waals surface area (Å²) in [7, 11) is 0. The summed E-state index contributed by atoms with van der Waals surface area (Å²) in [5, 5.41) is 0. The van der Waals surface area contributed by atoms with Gasteiger partial charge in [0.25, 0.3) is 0 Å². The van der Waals surface area contributed by atoms with E-state index >= 15 is 0 Å². The summed E-state index contributed by atoms with van der Waals surface area (Å²) in [6, 6.07) is 0. The summed E-state index contributed by atoms with van der Waals surface area (Å²) in [6.45, 7) is 0. The molecule has 0 nitrogen and oxygen atoms in total. The number of hydrogen-bond acceptors (Lipinski definition) is 0. The molecule has 0 aromatic carbocycles. The molecule has 0 atom stereocenters. The van der Waals surface area contributed by atoms with Crippen molar-refractivity contribution < 1.29 is 79.0 Å². The fourth-order valence-corrected chi connectivity index (χ4v) is 1.79. The average molecular weight is 438 g/mol. The highest BCUT2D eigenvalue weighted by molar-refractivity contribution is 5.19. The Bertz CT molecular complexity index is 454. The maximum absolute atomic E-state index is 13.3. The average Bonchev–Trinajstić information content (AvgIpc) is 2.16. The van der Waals surface area contributed by atoms with Crippen LogP contribution in [0.5, 0.6) is 0 Å². The van der Waals surface area contributed by atoms with Crippen molar-refractivity contribution in [1.82, 2.24) is 0 Å². The Hall–Kier alpha value is -1.26. The molecule has 0 saturated heterocycles. The van der Waals surface area contributed by atoms with Gasteiger partial charge < -0.3 is 0 Å². The van der Waals surface area contributed by atoms with Crippen molar-refractivity contribution >= 4 is 0 Å². The predicted molar refractivity (Wildman–Crippen MR) is 41.5 cm³/mol. The van der Waals surface area contributed by atoms with Crippen molar-refractivity contribution in [3.05, 3.63) is 0 Å². The van der Waals surface area contributed by atoms with Crippen molar-refractivity contribution in [2.45, 2.75) is 42.5 Å². The predicted octanol–water partition coefficient (Wildman–Crippen LogP) is 6.13. The van der Waals surface area contributed by atoms with E-state index in [0.717, 1.165) is 0 Å². The normalized spacial score (nSPS) is 16.8. The summed E-state index contributed by atoms with van der Waals surface area (Å²) < 4.78 is 224. The van der Waals surface area contributed by atoms with E-state index in [2.05, 4.69) is 0 Å². The number of halogens is 18. The van der Waals surface area contributed by atoms with E-state index < -0.39 is 47.9 Å². The summed E-state index contributed by atoms with van der Waals surface area (Å²) in [4.78, 5) is 0. The molecular formula is C8F18. The molecule has 0 aliphatic carbocycles.